The number of anilines is 1. The van der Waals surface area contributed by atoms with Crippen molar-refractivity contribution in [3.05, 3.63) is 24.3 Å². The Kier molecular flexibility index (Phi) is 7.19. The van der Waals surface area contributed by atoms with E-state index in [1.54, 1.807) is 17.9 Å². The second-order valence-corrected chi connectivity index (χ2v) is 9.70. The number of ether oxygens (including phenoxy) is 2. The lowest BCUT2D eigenvalue weighted by Gasteiger charge is -2.43. The molecule has 2 unspecified atom stereocenters. The Labute approximate surface area is 202 Å². The first-order valence-corrected chi connectivity index (χ1v) is 11.9. The second kappa shape index (κ2) is 9.85. The summed E-state index contributed by atoms with van der Waals surface area (Å²) in [7, 11) is 1.28. The van der Waals surface area contributed by atoms with Crippen LogP contribution in [0, 0.1) is 5.41 Å². The highest BCUT2D eigenvalue weighted by Gasteiger charge is 2.51. The number of aliphatic hydroxyl groups is 1. The first kappa shape index (κ1) is 25.6. The summed E-state index contributed by atoms with van der Waals surface area (Å²) in [6.45, 7) is 4.17. The van der Waals surface area contributed by atoms with E-state index >= 15 is 0 Å². The van der Waals surface area contributed by atoms with Crippen molar-refractivity contribution in [2.24, 2.45) is 5.41 Å². The van der Waals surface area contributed by atoms with Crippen molar-refractivity contribution in [2.45, 2.75) is 57.2 Å². The summed E-state index contributed by atoms with van der Waals surface area (Å²) in [4.78, 5) is 31.2. The van der Waals surface area contributed by atoms with Crippen LogP contribution < -0.4 is 9.64 Å². The number of alkyl halides is 3. The van der Waals surface area contributed by atoms with Crippen LogP contribution in [0.5, 0.6) is 5.75 Å². The average Bonchev–Trinajstić information content (AvgIpc) is 3.58. The summed E-state index contributed by atoms with van der Waals surface area (Å²) in [6, 6.07) is 4.05. The number of aliphatic hydroxyl groups excluding tert-OH is 1. The first-order chi connectivity index (χ1) is 16.5. The molecular weight excluding hydrogens is 467 g/mol. The summed E-state index contributed by atoms with van der Waals surface area (Å²) >= 11 is 0. The number of β-amino-alcohol motifs (C(OH)–C–C–N with tert-alkyl or cyclic N) is 1. The van der Waals surface area contributed by atoms with Crippen molar-refractivity contribution in [1.29, 1.82) is 0 Å². The topological polar surface area (TPSA) is 82.6 Å². The van der Waals surface area contributed by atoms with Gasteiger partial charge in [0.25, 0.3) is 0 Å². The summed E-state index contributed by atoms with van der Waals surface area (Å²) in [5.74, 6) is -1.17. The molecule has 1 saturated carbocycles. The molecule has 2 heterocycles. The standard InChI is InChI=1S/C24H32F3N3O5/c1-16-21(32)30(13-12-29(16)17-4-3-5-18(14-17)35-24(25,26)27)19(22(33)34-2)6-10-28-11-9-23(7-8-23)20(31)15-28/h3-5,14,16,19-20,31H,6-13,15H2,1-2H3/t16?,19?,20-/m1/s1. The lowest BCUT2D eigenvalue weighted by atomic mass is 9.90. The van der Waals surface area contributed by atoms with Crippen LogP contribution in [-0.2, 0) is 14.3 Å². The molecular formula is C24H32F3N3O5. The Hall–Kier alpha value is -2.53. The molecule has 1 N–H and O–H groups in total. The number of carbonyl (C=O) groups is 2. The maximum absolute atomic E-state index is 13.3. The van der Waals surface area contributed by atoms with Crippen molar-refractivity contribution in [3.63, 3.8) is 0 Å². The predicted octanol–water partition coefficient (Wildman–Crippen LogP) is 2.40. The normalized spacial score (nSPS) is 25.5. The number of rotatable bonds is 7. The number of halogens is 3. The van der Waals surface area contributed by atoms with E-state index in [9.17, 15) is 27.9 Å². The van der Waals surface area contributed by atoms with Crippen LogP contribution in [0.25, 0.3) is 0 Å². The third kappa shape index (κ3) is 5.66. The fraction of sp³-hybridized carbons (Fsp3) is 0.667. The number of piperidine rings is 1. The molecule has 2 aliphatic heterocycles. The quantitative estimate of drug-likeness (QED) is 0.577. The minimum absolute atomic E-state index is 0.0857. The number of likely N-dealkylation sites (tertiary alicyclic amines) is 1. The SMILES string of the molecule is COC(=O)C(CCN1CCC2(CC2)[C@H](O)C1)N1CCN(c2cccc(OC(F)(F)F)c2)C(C)C1=O. The van der Waals surface area contributed by atoms with Crippen LogP contribution in [0.15, 0.2) is 24.3 Å². The van der Waals surface area contributed by atoms with E-state index in [-0.39, 0.29) is 29.7 Å². The van der Waals surface area contributed by atoms with Gasteiger partial charge >= 0.3 is 12.3 Å². The summed E-state index contributed by atoms with van der Waals surface area (Å²) < 4.78 is 46.8. The fourth-order valence-corrected chi connectivity index (χ4v) is 5.28. The van der Waals surface area contributed by atoms with Gasteiger partial charge in [-0.1, -0.05) is 6.07 Å². The number of benzene rings is 1. The summed E-state index contributed by atoms with van der Waals surface area (Å²) in [5.41, 5.74) is 0.515. The van der Waals surface area contributed by atoms with Crippen LogP contribution in [-0.4, -0.2) is 91.2 Å². The number of carbonyl (C=O) groups excluding carboxylic acids is 2. The molecule has 194 valence electrons. The molecule has 1 spiro atoms. The van der Waals surface area contributed by atoms with Crippen molar-refractivity contribution in [1.82, 2.24) is 9.80 Å². The molecule has 3 atom stereocenters. The molecule has 0 aromatic heterocycles. The highest BCUT2D eigenvalue weighted by atomic mass is 19.4. The van der Waals surface area contributed by atoms with Gasteiger partial charge in [-0.2, -0.15) is 0 Å². The van der Waals surface area contributed by atoms with Crippen molar-refractivity contribution >= 4 is 17.6 Å². The third-order valence-electron chi connectivity index (χ3n) is 7.60. The molecule has 35 heavy (non-hydrogen) atoms. The van der Waals surface area contributed by atoms with Gasteiger partial charge in [-0.3, -0.25) is 4.79 Å². The second-order valence-electron chi connectivity index (χ2n) is 9.70. The van der Waals surface area contributed by atoms with Gasteiger partial charge in [-0.15, -0.1) is 13.2 Å². The van der Waals surface area contributed by atoms with Crippen LogP contribution >= 0.6 is 0 Å². The molecule has 4 rings (SSSR count). The lowest BCUT2D eigenvalue weighted by molar-refractivity contribution is -0.274. The number of methoxy groups -OCH3 is 1. The molecule has 0 radical (unpaired) electrons. The number of esters is 1. The predicted molar refractivity (Wildman–Crippen MR) is 121 cm³/mol. The minimum Gasteiger partial charge on any atom is -0.467 e. The molecule has 1 aromatic carbocycles. The number of hydrogen-bond acceptors (Lipinski definition) is 7. The van der Waals surface area contributed by atoms with Crippen molar-refractivity contribution in [3.8, 4) is 5.75 Å². The van der Waals surface area contributed by atoms with Crippen LogP contribution in [0.4, 0.5) is 18.9 Å². The number of amides is 1. The van der Waals surface area contributed by atoms with Crippen LogP contribution in [0.2, 0.25) is 0 Å². The van der Waals surface area contributed by atoms with Gasteiger partial charge in [0.1, 0.15) is 17.8 Å². The molecule has 8 nitrogen and oxygen atoms in total. The highest BCUT2D eigenvalue weighted by molar-refractivity contribution is 5.90. The molecule has 1 amide bonds. The molecule has 11 heteroatoms. The van der Waals surface area contributed by atoms with Crippen molar-refractivity contribution in [2.75, 3.05) is 44.7 Å². The Morgan fingerprint density at radius 3 is 2.60 bits per heavy atom. The van der Waals surface area contributed by atoms with E-state index < -0.39 is 24.4 Å². The molecule has 2 saturated heterocycles. The van der Waals surface area contributed by atoms with Gasteiger partial charge in [-0.05, 0) is 56.7 Å². The van der Waals surface area contributed by atoms with Crippen LogP contribution in [0.1, 0.15) is 32.6 Å². The molecule has 3 aliphatic rings. The Morgan fingerprint density at radius 2 is 1.97 bits per heavy atom. The zero-order valence-electron chi connectivity index (χ0n) is 20.0. The molecule has 0 bridgehead atoms. The van der Waals surface area contributed by atoms with Gasteiger partial charge < -0.3 is 29.3 Å². The lowest BCUT2D eigenvalue weighted by Crippen LogP contribution is -2.61. The smallest absolute Gasteiger partial charge is 0.467 e. The van der Waals surface area contributed by atoms with Gasteiger partial charge in [0.2, 0.25) is 5.91 Å². The number of hydrogen-bond donors (Lipinski definition) is 1. The largest absolute Gasteiger partial charge is 0.573 e. The Balaban J connectivity index is 1.41. The van der Waals surface area contributed by atoms with Crippen molar-refractivity contribution < 1.29 is 37.3 Å². The number of nitrogens with zero attached hydrogens (tertiary/aromatic N) is 3. The van der Waals surface area contributed by atoms with Gasteiger partial charge in [0, 0.05) is 37.9 Å². The maximum Gasteiger partial charge on any atom is 0.573 e. The highest BCUT2D eigenvalue weighted by Crippen LogP contribution is 2.53. The van der Waals surface area contributed by atoms with E-state index in [0.717, 1.165) is 25.8 Å². The van der Waals surface area contributed by atoms with E-state index in [1.165, 1.54) is 30.2 Å². The maximum atomic E-state index is 13.3. The fourth-order valence-electron chi connectivity index (χ4n) is 5.28. The van der Waals surface area contributed by atoms with E-state index in [0.29, 0.717) is 31.7 Å². The first-order valence-electron chi connectivity index (χ1n) is 11.9. The van der Waals surface area contributed by atoms with E-state index in [4.69, 9.17) is 4.74 Å². The summed E-state index contributed by atoms with van der Waals surface area (Å²) in [6.07, 6.45) is -1.74. The van der Waals surface area contributed by atoms with Gasteiger partial charge in [-0.25, -0.2) is 4.79 Å². The zero-order chi connectivity index (χ0) is 25.4. The molecule has 1 aliphatic carbocycles. The molecule has 1 aromatic rings. The average molecular weight is 500 g/mol. The Morgan fingerprint density at radius 1 is 1.23 bits per heavy atom. The zero-order valence-corrected chi connectivity index (χ0v) is 20.0. The summed E-state index contributed by atoms with van der Waals surface area (Å²) in [5, 5.41) is 10.5. The Bertz CT molecular complexity index is 939. The van der Waals surface area contributed by atoms with E-state index in [1.807, 2.05) is 0 Å². The number of piperazine rings is 1. The monoisotopic (exact) mass is 499 g/mol. The molecule has 3 fully saturated rings. The third-order valence-corrected chi connectivity index (χ3v) is 7.60. The van der Waals surface area contributed by atoms with E-state index in [2.05, 4.69) is 9.64 Å². The minimum atomic E-state index is -4.81. The van der Waals surface area contributed by atoms with Crippen LogP contribution in [0.3, 0.4) is 0 Å². The van der Waals surface area contributed by atoms with Gasteiger partial charge in [0.05, 0.1) is 13.2 Å². The van der Waals surface area contributed by atoms with Gasteiger partial charge in [0.15, 0.2) is 0 Å².